The maximum absolute atomic E-state index is 4.18. The Kier molecular flexibility index (Phi) is 7.99. The fraction of sp³-hybridized carbons (Fsp3) is 0.727. The molecule has 0 rings (SSSR count). The molecule has 0 bridgehead atoms. The lowest BCUT2D eigenvalue weighted by molar-refractivity contribution is 0.719. The lowest BCUT2D eigenvalue weighted by Gasteiger charge is -1.96. The highest BCUT2D eigenvalue weighted by Crippen LogP contribution is 1.94. The summed E-state index contributed by atoms with van der Waals surface area (Å²) in [5.74, 6) is 0.521. The van der Waals surface area contributed by atoms with E-state index in [1.807, 2.05) is 6.21 Å². The van der Waals surface area contributed by atoms with Crippen molar-refractivity contribution in [2.24, 2.45) is 20.9 Å². The van der Waals surface area contributed by atoms with Gasteiger partial charge in [0.1, 0.15) is 12.7 Å². The average Bonchev–Trinajstić information content (AvgIpc) is 2.22. The van der Waals surface area contributed by atoms with Gasteiger partial charge in [0.15, 0.2) is 0 Å². The molecule has 0 saturated carbocycles. The minimum absolute atomic E-state index is 0.352. The summed E-state index contributed by atoms with van der Waals surface area (Å²) >= 11 is 0. The van der Waals surface area contributed by atoms with Crippen molar-refractivity contribution in [1.29, 1.82) is 0 Å². The average molecular weight is 195 g/mol. The van der Waals surface area contributed by atoms with Gasteiger partial charge in [0.2, 0.25) is 0 Å². The zero-order valence-corrected chi connectivity index (χ0v) is 9.64. The SMILES string of the molecule is CCC(C)C=NC=NC=NC(C)CC. The van der Waals surface area contributed by atoms with Gasteiger partial charge in [-0.15, -0.1) is 0 Å². The third-order valence-electron chi connectivity index (χ3n) is 2.10. The number of aliphatic imine (C=N–C) groups is 3. The molecule has 14 heavy (non-hydrogen) atoms. The van der Waals surface area contributed by atoms with Crippen LogP contribution in [0.15, 0.2) is 15.0 Å². The number of hydrogen-bond acceptors (Lipinski definition) is 1. The fourth-order valence-corrected chi connectivity index (χ4v) is 0.617. The highest BCUT2D eigenvalue weighted by Gasteiger charge is 1.89. The third-order valence-corrected chi connectivity index (χ3v) is 2.10. The summed E-state index contributed by atoms with van der Waals surface area (Å²) in [6.45, 7) is 8.43. The van der Waals surface area contributed by atoms with Crippen LogP contribution in [0.3, 0.4) is 0 Å². The Morgan fingerprint density at radius 2 is 1.71 bits per heavy atom. The van der Waals surface area contributed by atoms with Crippen molar-refractivity contribution in [2.45, 2.75) is 46.6 Å². The second-order valence-corrected chi connectivity index (χ2v) is 3.47. The largest absolute Gasteiger partial charge is 0.270 e. The lowest BCUT2D eigenvalue weighted by atomic mass is 10.1. The van der Waals surface area contributed by atoms with Crippen molar-refractivity contribution >= 4 is 18.9 Å². The van der Waals surface area contributed by atoms with Crippen molar-refractivity contribution in [3.63, 3.8) is 0 Å². The lowest BCUT2D eigenvalue weighted by Crippen LogP contribution is -1.94. The standard InChI is InChI=1S/C11H21N3/c1-5-10(3)7-12-8-13-9-14-11(4)6-2/h7-11H,5-6H2,1-4H3. The molecule has 0 saturated heterocycles. The van der Waals surface area contributed by atoms with Crippen LogP contribution in [0.25, 0.3) is 0 Å². The predicted octanol–water partition coefficient (Wildman–Crippen LogP) is 2.96. The van der Waals surface area contributed by atoms with Crippen molar-refractivity contribution in [2.75, 3.05) is 0 Å². The Labute approximate surface area is 87.1 Å². The van der Waals surface area contributed by atoms with Crippen LogP contribution >= 0.6 is 0 Å². The van der Waals surface area contributed by atoms with E-state index in [-0.39, 0.29) is 0 Å². The summed E-state index contributed by atoms with van der Waals surface area (Å²) in [5.41, 5.74) is 0. The van der Waals surface area contributed by atoms with Gasteiger partial charge in [0.05, 0.1) is 0 Å². The summed E-state index contributed by atoms with van der Waals surface area (Å²) in [5, 5.41) is 0. The number of hydrogen-bond donors (Lipinski definition) is 0. The Bertz CT molecular complexity index is 185. The van der Waals surface area contributed by atoms with E-state index in [4.69, 9.17) is 0 Å². The van der Waals surface area contributed by atoms with E-state index in [2.05, 4.69) is 42.7 Å². The zero-order chi connectivity index (χ0) is 10.8. The molecule has 0 aromatic rings. The molecule has 0 spiro atoms. The number of rotatable bonds is 6. The first-order valence-corrected chi connectivity index (χ1v) is 5.27. The smallest absolute Gasteiger partial charge is 0.116 e. The van der Waals surface area contributed by atoms with E-state index in [0.717, 1.165) is 12.8 Å². The van der Waals surface area contributed by atoms with Gasteiger partial charge < -0.3 is 0 Å². The Hall–Kier alpha value is -0.990. The topological polar surface area (TPSA) is 37.1 Å². The molecule has 80 valence electrons. The minimum Gasteiger partial charge on any atom is -0.270 e. The Morgan fingerprint density at radius 1 is 1.00 bits per heavy atom. The van der Waals surface area contributed by atoms with Gasteiger partial charge >= 0.3 is 0 Å². The Balaban J connectivity index is 3.73. The monoisotopic (exact) mass is 195 g/mol. The van der Waals surface area contributed by atoms with Crippen LogP contribution in [0.1, 0.15) is 40.5 Å². The van der Waals surface area contributed by atoms with Crippen LogP contribution in [0.2, 0.25) is 0 Å². The molecule has 0 aliphatic heterocycles. The van der Waals surface area contributed by atoms with Crippen molar-refractivity contribution in [3.05, 3.63) is 0 Å². The first kappa shape index (κ1) is 13.0. The van der Waals surface area contributed by atoms with Crippen LogP contribution in [0, 0.1) is 5.92 Å². The van der Waals surface area contributed by atoms with Gasteiger partial charge in [0.25, 0.3) is 0 Å². The molecule has 2 atom stereocenters. The van der Waals surface area contributed by atoms with E-state index in [0.29, 0.717) is 12.0 Å². The van der Waals surface area contributed by atoms with Crippen LogP contribution in [0.4, 0.5) is 0 Å². The molecule has 3 heteroatoms. The summed E-state index contributed by atoms with van der Waals surface area (Å²) in [4.78, 5) is 12.2. The molecular weight excluding hydrogens is 174 g/mol. The highest BCUT2D eigenvalue weighted by atomic mass is 14.9. The maximum atomic E-state index is 4.18. The maximum Gasteiger partial charge on any atom is 0.116 e. The molecule has 0 radical (unpaired) electrons. The third kappa shape index (κ3) is 7.65. The summed E-state index contributed by atoms with van der Waals surface area (Å²) in [6.07, 6.45) is 7.17. The Morgan fingerprint density at radius 3 is 2.29 bits per heavy atom. The van der Waals surface area contributed by atoms with Crippen LogP contribution in [0.5, 0.6) is 0 Å². The quantitative estimate of drug-likeness (QED) is 0.461. The van der Waals surface area contributed by atoms with Crippen molar-refractivity contribution in [3.8, 4) is 0 Å². The molecule has 0 fully saturated rings. The molecule has 0 aromatic carbocycles. The van der Waals surface area contributed by atoms with Crippen LogP contribution in [-0.4, -0.2) is 24.9 Å². The van der Waals surface area contributed by atoms with Crippen LogP contribution < -0.4 is 0 Å². The molecule has 0 heterocycles. The van der Waals surface area contributed by atoms with Crippen molar-refractivity contribution < 1.29 is 0 Å². The molecule has 0 aromatic heterocycles. The molecule has 0 N–H and O–H groups in total. The minimum atomic E-state index is 0.352. The first-order chi connectivity index (χ1) is 6.70. The normalized spacial score (nSPS) is 17.1. The highest BCUT2D eigenvalue weighted by molar-refractivity contribution is 5.78. The summed E-state index contributed by atoms with van der Waals surface area (Å²) in [6, 6.07) is 0.352. The summed E-state index contributed by atoms with van der Waals surface area (Å²) < 4.78 is 0. The molecule has 0 aliphatic carbocycles. The fourth-order valence-electron chi connectivity index (χ4n) is 0.617. The van der Waals surface area contributed by atoms with Gasteiger partial charge in [-0.05, 0) is 25.7 Å². The first-order valence-electron chi connectivity index (χ1n) is 5.27. The van der Waals surface area contributed by atoms with Gasteiger partial charge in [-0.3, -0.25) is 4.99 Å². The van der Waals surface area contributed by atoms with Gasteiger partial charge in [-0.25, -0.2) is 9.98 Å². The van der Waals surface area contributed by atoms with E-state index in [1.165, 1.54) is 6.34 Å². The zero-order valence-electron chi connectivity index (χ0n) is 9.64. The summed E-state index contributed by atoms with van der Waals surface area (Å²) in [7, 11) is 0. The second-order valence-electron chi connectivity index (χ2n) is 3.47. The predicted molar refractivity (Wildman–Crippen MR) is 64.7 cm³/mol. The van der Waals surface area contributed by atoms with E-state index in [9.17, 15) is 0 Å². The second kappa shape index (κ2) is 8.60. The van der Waals surface area contributed by atoms with Gasteiger partial charge in [-0.1, -0.05) is 20.8 Å². The molecule has 0 aliphatic rings. The van der Waals surface area contributed by atoms with Crippen molar-refractivity contribution in [1.82, 2.24) is 0 Å². The van der Waals surface area contributed by atoms with Crippen LogP contribution in [-0.2, 0) is 0 Å². The molecule has 0 amide bonds. The molecule has 3 nitrogen and oxygen atoms in total. The van der Waals surface area contributed by atoms with E-state index >= 15 is 0 Å². The number of nitrogens with zero attached hydrogens (tertiary/aromatic N) is 3. The molecular formula is C11H21N3. The van der Waals surface area contributed by atoms with E-state index in [1.54, 1.807) is 6.34 Å². The van der Waals surface area contributed by atoms with Gasteiger partial charge in [0, 0.05) is 12.3 Å². The van der Waals surface area contributed by atoms with Gasteiger partial charge in [-0.2, -0.15) is 0 Å². The molecule has 2 unspecified atom stereocenters. The van der Waals surface area contributed by atoms with E-state index < -0.39 is 0 Å².